The van der Waals surface area contributed by atoms with Gasteiger partial charge in [0.15, 0.2) is 0 Å². The number of imide groups is 2. The molecule has 2 saturated heterocycles. The van der Waals surface area contributed by atoms with Gasteiger partial charge in [0.25, 0.3) is 11.8 Å². The number of para-hydroxylation sites is 1. The zero-order valence-corrected chi connectivity index (χ0v) is 46.5. The zero-order valence-electron chi connectivity index (χ0n) is 46.5. The number of amides is 6. The second-order valence-electron chi connectivity index (χ2n) is 19.3. The first-order chi connectivity index (χ1) is 39.1. The number of esters is 4. The fourth-order valence-electron chi connectivity index (χ4n) is 9.54. The van der Waals surface area contributed by atoms with Crippen molar-refractivity contribution in [3.63, 3.8) is 0 Å². The lowest BCUT2D eigenvalue weighted by molar-refractivity contribution is -0.142. The van der Waals surface area contributed by atoms with Crippen molar-refractivity contribution in [2.24, 2.45) is 0 Å². The summed E-state index contributed by atoms with van der Waals surface area (Å²) in [5, 5.41) is 20.1. The number of fused-ring (bicyclic) bond motifs is 3. The van der Waals surface area contributed by atoms with E-state index in [1.165, 1.54) is 38.2 Å². The van der Waals surface area contributed by atoms with Gasteiger partial charge in [-0.05, 0) is 48.5 Å². The molecule has 1 aromatic heterocycles. The second-order valence-corrected chi connectivity index (χ2v) is 19.3. The highest BCUT2D eigenvalue weighted by atomic mass is 16.5. The Balaban J connectivity index is 0.938. The molecule has 0 aliphatic carbocycles. The van der Waals surface area contributed by atoms with Gasteiger partial charge in [-0.25, -0.2) is 9.80 Å². The minimum Gasteiger partial charge on any atom is -0.469 e. The van der Waals surface area contributed by atoms with Crippen LogP contribution in [0.15, 0.2) is 66.7 Å². The number of rotatable bonds is 35. The van der Waals surface area contributed by atoms with Crippen LogP contribution in [-0.2, 0) is 66.9 Å². The Bertz CT molecular complexity index is 2820. The molecule has 4 aromatic rings. The van der Waals surface area contributed by atoms with Crippen LogP contribution in [-0.4, -0.2) is 206 Å². The Morgan fingerprint density at radius 1 is 0.457 bits per heavy atom. The molecule has 81 heavy (non-hydrogen) atoms. The van der Waals surface area contributed by atoms with Crippen molar-refractivity contribution < 1.29 is 66.9 Å². The van der Waals surface area contributed by atoms with E-state index in [9.17, 15) is 47.9 Å². The zero-order chi connectivity index (χ0) is 58.3. The number of benzene rings is 3. The average molecular weight is 1130 g/mol. The molecular weight excluding hydrogens is 1050 g/mol. The first-order valence-corrected chi connectivity index (χ1v) is 27.2. The number of aromatic nitrogens is 1. The topological polar surface area (TPSA) is 298 Å². The van der Waals surface area contributed by atoms with Gasteiger partial charge in [0.2, 0.25) is 23.6 Å². The van der Waals surface area contributed by atoms with E-state index in [0.29, 0.717) is 103 Å². The van der Waals surface area contributed by atoms with Gasteiger partial charge in [0.05, 0.1) is 101 Å². The lowest BCUT2D eigenvalue weighted by Gasteiger charge is -2.21. The maximum absolute atomic E-state index is 13.7. The summed E-state index contributed by atoms with van der Waals surface area (Å²) in [7, 11) is 5.23. The third-order valence-corrected chi connectivity index (χ3v) is 14.0. The summed E-state index contributed by atoms with van der Waals surface area (Å²) in [6, 6.07) is 18.9. The third-order valence-electron chi connectivity index (χ3n) is 14.0. The van der Waals surface area contributed by atoms with Crippen LogP contribution in [0.3, 0.4) is 0 Å². The van der Waals surface area contributed by atoms with Crippen LogP contribution in [0.25, 0.3) is 27.5 Å². The van der Waals surface area contributed by atoms with Crippen LogP contribution >= 0.6 is 0 Å². The van der Waals surface area contributed by atoms with Crippen molar-refractivity contribution >= 4 is 92.5 Å². The Kier molecular flexibility index (Phi) is 24.7. The molecule has 2 atom stereocenters. The van der Waals surface area contributed by atoms with E-state index in [4.69, 9.17) is 18.9 Å². The predicted octanol–water partition coefficient (Wildman–Crippen LogP) is 0.275. The summed E-state index contributed by atoms with van der Waals surface area (Å²) < 4.78 is 20.9. The highest BCUT2D eigenvalue weighted by Gasteiger charge is 2.40. The van der Waals surface area contributed by atoms with Gasteiger partial charge in [-0.1, -0.05) is 18.2 Å². The molecule has 25 heteroatoms. The van der Waals surface area contributed by atoms with Gasteiger partial charge in [-0.15, -0.1) is 0 Å². The van der Waals surface area contributed by atoms with E-state index in [0.717, 1.165) is 27.5 Å². The van der Waals surface area contributed by atoms with Gasteiger partial charge in [-0.3, -0.25) is 47.9 Å². The summed E-state index contributed by atoms with van der Waals surface area (Å²) in [6.07, 6.45) is 0.970. The van der Waals surface area contributed by atoms with Gasteiger partial charge in [-0.2, -0.15) is 0 Å². The molecule has 0 radical (unpaired) electrons. The van der Waals surface area contributed by atoms with Crippen molar-refractivity contribution in [1.82, 2.24) is 46.3 Å². The fourth-order valence-corrected chi connectivity index (χ4v) is 9.54. The summed E-state index contributed by atoms with van der Waals surface area (Å²) in [5.41, 5.74) is 3.30. The van der Waals surface area contributed by atoms with Crippen molar-refractivity contribution in [2.75, 3.05) is 130 Å². The summed E-state index contributed by atoms with van der Waals surface area (Å²) >= 11 is 0. The van der Waals surface area contributed by atoms with Crippen LogP contribution < -0.4 is 41.7 Å². The maximum Gasteiger partial charge on any atom is 0.306 e. The number of carbonyl (C=O) groups is 10. The lowest BCUT2D eigenvalue weighted by Crippen LogP contribution is -2.42. The molecule has 2 aliphatic heterocycles. The van der Waals surface area contributed by atoms with Crippen LogP contribution in [0.4, 0.5) is 11.4 Å². The number of nitrogens with zero attached hydrogens (tertiary/aromatic N) is 5. The third kappa shape index (κ3) is 18.2. The van der Waals surface area contributed by atoms with E-state index < -0.39 is 12.1 Å². The molecule has 438 valence electrons. The quantitative estimate of drug-likeness (QED) is 0.0156. The van der Waals surface area contributed by atoms with Gasteiger partial charge < -0.3 is 65.2 Å². The number of hydrogen-bond donors (Lipinski definition) is 6. The van der Waals surface area contributed by atoms with Crippen molar-refractivity contribution in [3.8, 4) is 5.69 Å². The van der Waals surface area contributed by atoms with E-state index >= 15 is 0 Å². The van der Waals surface area contributed by atoms with E-state index in [-0.39, 0.29) is 111 Å². The lowest BCUT2D eigenvalue weighted by atomic mass is 10.1. The van der Waals surface area contributed by atoms with Crippen LogP contribution in [0, 0.1) is 0 Å². The minimum atomic E-state index is -0.731. The normalized spacial score (nSPS) is 15.3. The SMILES string of the molecule is COC(=O)CCN(CCNC(=O)CCNCCNC1CC(=O)N(c2ccc(-n3c4ccccc4c4cc(N5C(=O)CC(NCCNCCC(=O)NCCN(CCC(=O)OC)CCC(=O)OC)C5=O)ccc43)cc2)C1=O)CCC(=O)OC. The summed E-state index contributed by atoms with van der Waals surface area (Å²) in [6.45, 7) is 5.35. The first-order valence-electron chi connectivity index (χ1n) is 27.2. The highest BCUT2D eigenvalue weighted by molar-refractivity contribution is 6.24. The number of anilines is 2. The maximum atomic E-state index is 13.7. The largest absolute Gasteiger partial charge is 0.469 e. The number of ether oxygens (including phenoxy) is 4. The molecule has 2 fully saturated rings. The van der Waals surface area contributed by atoms with Gasteiger partial charge in [0.1, 0.15) is 0 Å². The average Bonchev–Trinajstić information content (AvgIpc) is 4.13. The fraction of sp³-hybridized carbons (Fsp3) is 0.500. The van der Waals surface area contributed by atoms with Crippen LogP contribution in [0.5, 0.6) is 0 Å². The number of nitrogens with one attached hydrogen (secondary N) is 6. The second kappa shape index (κ2) is 31.9. The van der Waals surface area contributed by atoms with Gasteiger partial charge >= 0.3 is 23.9 Å². The summed E-state index contributed by atoms with van der Waals surface area (Å²) in [5.74, 6) is -3.26. The Morgan fingerprint density at radius 3 is 1.32 bits per heavy atom. The van der Waals surface area contributed by atoms with E-state index in [1.807, 2.05) is 62.9 Å². The molecule has 2 unspecified atom stereocenters. The standard InChI is InChI=1S/C56H75N11O14/c1-78-51(72)17-29-63(30-18-52(73)79-2)33-27-61-47(68)15-21-57-23-25-59-43-36-49(70)66(55(43)76)39-11-9-38(10-12-39)65-45-8-6-5-7-41(45)42-35-40(13-14-46(42)65)67-50(71)37-44(56(67)77)60-26-24-58-22-16-48(69)62-28-34-64(31-19-53(74)80-3)32-20-54(75)81-4/h5-14,35,43-44,57-60H,15-34,36-37H2,1-4H3,(H,61,68)(H,62,69). The van der Waals surface area contributed by atoms with Crippen molar-refractivity contribution in [3.05, 3.63) is 66.7 Å². The number of hydrogen-bond acceptors (Lipinski definition) is 20. The van der Waals surface area contributed by atoms with Gasteiger partial charge in [0, 0.05) is 121 Å². The molecule has 25 nitrogen and oxygen atoms in total. The van der Waals surface area contributed by atoms with Crippen molar-refractivity contribution in [2.45, 2.75) is 63.5 Å². The van der Waals surface area contributed by atoms with Crippen molar-refractivity contribution in [1.29, 1.82) is 0 Å². The first kappa shape index (κ1) is 62.5. The molecule has 3 aromatic carbocycles. The molecular formula is C56H75N11O14. The highest BCUT2D eigenvalue weighted by Crippen LogP contribution is 2.36. The Morgan fingerprint density at radius 2 is 0.864 bits per heavy atom. The molecule has 6 amide bonds. The summed E-state index contributed by atoms with van der Waals surface area (Å²) in [4.78, 5) is 132. The molecule has 0 bridgehead atoms. The minimum absolute atomic E-state index is 0.0131. The smallest absolute Gasteiger partial charge is 0.306 e. The molecule has 2 aliphatic rings. The number of methoxy groups -OCH3 is 4. The van der Waals surface area contributed by atoms with Crippen LogP contribution in [0.1, 0.15) is 51.4 Å². The monoisotopic (exact) mass is 1130 g/mol. The Hall–Kier alpha value is -7.68. The van der Waals surface area contributed by atoms with E-state index in [1.54, 1.807) is 18.2 Å². The van der Waals surface area contributed by atoms with Crippen LogP contribution in [0.2, 0.25) is 0 Å². The predicted molar refractivity (Wildman–Crippen MR) is 299 cm³/mol. The molecule has 3 heterocycles. The molecule has 6 N–H and O–H groups in total. The van der Waals surface area contributed by atoms with E-state index in [2.05, 4.69) is 31.9 Å². The Labute approximate surface area is 470 Å². The molecule has 0 spiro atoms. The molecule has 6 rings (SSSR count). The number of carbonyl (C=O) groups excluding carboxylic acids is 10. The molecule has 0 saturated carbocycles.